The van der Waals surface area contributed by atoms with Crippen LogP contribution < -0.4 is 24.5 Å². The van der Waals surface area contributed by atoms with Crippen LogP contribution >= 0.6 is 27.3 Å². The molecule has 1 aromatic heterocycles. The lowest BCUT2D eigenvalue weighted by Gasteiger charge is -2.25. The van der Waals surface area contributed by atoms with Crippen molar-refractivity contribution < 1.29 is 14.3 Å². The van der Waals surface area contributed by atoms with E-state index in [1.165, 1.54) is 11.3 Å². The number of aromatic nitrogens is 1. The molecule has 7 nitrogen and oxygen atoms in total. The van der Waals surface area contributed by atoms with E-state index in [-0.39, 0.29) is 12.2 Å². The first-order valence-corrected chi connectivity index (χ1v) is 12.7. The van der Waals surface area contributed by atoms with Crippen LogP contribution in [0.15, 0.2) is 68.0 Å². The fraction of sp³-hybridized carbons (Fsp3) is 0.269. The molecule has 182 valence electrons. The molecule has 0 amide bonds. The van der Waals surface area contributed by atoms with Gasteiger partial charge in [-0.2, -0.15) is 0 Å². The number of anilines is 1. The fourth-order valence-electron chi connectivity index (χ4n) is 3.99. The molecule has 2 heterocycles. The van der Waals surface area contributed by atoms with Crippen LogP contribution in [0.2, 0.25) is 0 Å². The van der Waals surface area contributed by atoms with Crippen LogP contribution in [-0.2, 0) is 9.53 Å². The van der Waals surface area contributed by atoms with Crippen molar-refractivity contribution in [1.29, 1.82) is 0 Å². The van der Waals surface area contributed by atoms with E-state index < -0.39 is 12.0 Å². The number of hydrogen-bond donors (Lipinski definition) is 0. The molecule has 0 saturated heterocycles. The van der Waals surface area contributed by atoms with E-state index in [0.717, 1.165) is 21.3 Å². The molecular formula is C26H26BrN3O4S. The number of methoxy groups -OCH3 is 1. The largest absolute Gasteiger partial charge is 0.496 e. The number of allylic oxidation sites excluding steroid dienone is 1. The van der Waals surface area contributed by atoms with Crippen LogP contribution in [0.4, 0.5) is 5.69 Å². The molecule has 0 aliphatic carbocycles. The van der Waals surface area contributed by atoms with Gasteiger partial charge in [0.25, 0.3) is 5.56 Å². The summed E-state index contributed by atoms with van der Waals surface area (Å²) in [5.41, 5.74) is 3.38. The number of carbonyl (C=O) groups excluding carboxylic acids is 1. The summed E-state index contributed by atoms with van der Waals surface area (Å²) >= 11 is 4.79. The van der Waals surface area contributed by atoms with E-state index in [9.17, 15) is 9.59 Å². The molecule has 0 fully saturated rings. The first-order chi connectivity index (χ1) is 16.7. The predicted molar refractivity (Wildman–Crippen MR) is 142 cm³/mol. The fourth-order valence-corrected chi connectivity index (χ4v) is 5.59. The highest BCUT2D eigenvalue weighted by molar-refractivity contribution is 9.10. The van der Waals surface area contributed by atoms with Crippen molar-refractivity contribution in [2.24, 2.45) is 4.99 Å². The second-order valence-electron chi connectivity index (χ2n) is 8.18. The average Bonchev–Trinajstić information content (AvgIpc) is 3.12. The van der Waals surface area contributed by atoms with Gasteiger partial charge in [-0.25, -0.2) is 9.79 Å². The average molecular weight is 556 g/mol. The first-order valence-electron chi connectivity index (χ1n) is 11.1. The molecular weight excluding hydrogens is 530 g/mol. The molecule has 1 atom stereocenters. The van der Waals surface area contributed by atoms with Crippen LogP contribution in [0, 0.1) is 0 Å². The summed E-state index contributed by atoms with van der Waals surface area (Å²) in [5.74, 6) is 0.239. The van der Waals surface area contributed by atoms with E-state index in [0.29, 0.717) is 26.4 Å². The number of halogens is 1. The summed E-state index contributed by atoms with van der Waals surface area (Å²) in [5, 5.41) is 0. The zero-order chi connectivity index (χ0) is 25.3. The third-order valence-electron chi connectivity index (χ3n) is 5.72. The number of rotatable bonds is 6. The molecule has 0 saturated carbocycles. The Bertz CT molecular complexity index is 1490. The Morgan fingerprint density at radius 1 is 1.23 bits per heavy atom. The lowest BCUT2D eigenvalue weighted by molar-refractivity contribution is -0.139. The van der Waals surface area contributed by atoms with Crippen molar-refractivity contribution >= 4 is 45.0 Å². The van der Waals surface area contributed by atoms with Crippen molar-refractivity contribution in [3.05, 3.63) is 89.0 Å². The van der Waals surface area contributed by atoms with Crippen molar-refractivity contribution in [3.8, 4) is 5.75 Å². The van der Waals surface area contributed by atoms with Crippen LogP contribution in [-0.4, -0.2) is 38.3 Å². The van der Waals surface area contributed by atoms with Gasteiger partial charge in [0.1, 0.15) is 5.75 Å². The van der Waals surface area contributed by atoms with Crippen LogP contribution in [0.25, 0.3) is 6.08 Å². The number of fused-ring (bicyclic) bond motifs is 1. The second kappa shape index (κ2) is 10.2. The number of ether oxygens (including phenoxy) is 2. The van der Waals surface area contributed by atoms with Gasteiger partial charge in [-0.15, -0.1) is 0 Å². The van der Waals surface area contributed by atoms with Crippen molar-refractivity contribution in [2.75, 3.05) is 32.7 Å². The molecule has 9 heteroatoms. The maximum absolute atomic E-state index is 13.7. The van der Waals surface area contributed by atoms with Crippen molar-refractivity contribution in [3.63, 3.8) is 0 Å². The molecule has 1 aliphatic heterocycles. The Balaban J connectivity index is 1.91. The van der Waals surface area contributed by atoms with E-state index in [4.69, 9.17) is 9.47 Å². The zero-order valence-electron chi connectivity index (χ0n) is 20.2. The van der Waals surface area contributed by atoms with E-state index in [1.54, 1.807) is 25.5 Å². The monoisotopic (exact) mass is 555 g/mol. The molecule has 1 aliphatic rings. The molecule has 4 rings (SSSR count). The van der Waals surface area contributed by atoms with Gasteiger partial charge in [0.2, 0.25) is 0 Å². The van der Waals surface area contributed by atoms with Gasteiger partial charge in [-0.1, -0.05) is 29.5 Å². The predicted octanol–water partition coefficient (Wildman–Crippen LogP) is 3.64. The maximum Gasteiger partial charge on any atom is 0.338 e. The molecule has 1 unspecified atom stereocenters. The first kappa shape index (κ1) is 24.9. The van der Waals surface area contributed by atoms with Gasteiger partial charge in [0.15, 0.2) is 4.80 Å². The summed E-state index contributed by atoms with van der Waals surface area (Å²) in [6.07, 6.45) is 1.82. The summed E-state index contributed by atoms with van der Waals surface area (Å²) in [6, 6.07) is 12.8. The zero-order valence-corrected chi connectivity index (χ0v) is 22.6. The van der Waals surface area contributed by atoms with Gasteiger partial charge in [-0.3, -0.25) is 9.36 Å². The van der Waals surface area contributed by atoms with Crippen molar-refractivity contribution in [2.45, 2.75) is 19.9 Å². The highest BCUT2D eigenvalue weighted by Crippen LogP contribution is 2.31. The number of benzene rings is 2. The Morgan fingerprint density at radius 2 is 1.94 bits per heavy atom. The Morgan fingerprint density at radius 3 is 2.54 bits per heavy atom. The Kier molecular flexibility index (Phi) is 7.28. The quantitative estimate of drug-likeness (QED) is 0.434. The van der Waals surface area contributed by atoms with E-state index in [1.807, 2.05) is 67.5 Å². The summed E-state index contributed by atoms with van der Waals surface area (Å²) in [4.78, 5) is 33.8. The lowest BCUT2D eigenvalue weighted by Crippen LogP contribution is -2.39. The maximum atomic E-state index is 13.7. The number of hydrogen-bond acceptors (Lipinski definition) is 7. The van der Waals surface area contributed by atoms with E-state index >= 15 is 0 Å². The van der Waals surface area contributed by atoms with Crippen LogP contribution in [0.5, 0.6) is 5.75 Å². The minimum atomic E-state index is -0.633. The second-order valence-corrected chi connectivity index (χ2v) is 10.0. The molecule has 0 bridgehead atoms. The third kappa shape index (κ3) is 4.83. The van der Waals surface area contributed by atoms with Gasteiger partial charge in [-0.05, 0) is 71.2 Å². The number of carbonyl (C=O) groups is 1. The number of nitrogens with zero attached hydrogens (tertiary/aromatic N) is 3. The standard InChI is InChI=1S/C26H26BrN3O4S/c1-6-34-25(32)22-15(2)28-26-30(23(22)17-8-10-18(11-9-17)29(3)4)24(31)21(35-26)14-16-7-12-20(33-5)19(27)13-16/h7-14,23H,6H2,1-5H3. The number of esters is 1. The summed E-state index contributed by atoms with van der Waals surface area (Å²) in [7, 11) is 5.53. The van der Waals surface area contributed by atoms with Gasteiger partial charge in [0.05, 0.1) is 40.0 Å². The minimum Gasteiger partial charge on any atom is -0.496 e. The SMILES string of the molecule is CCOC(=O)C1=C(C)N=c2sc(=Cc3ccc(OC)c(Br)c3)c(=O)n2C1c1ccc(N(C)C)cc1. The van der Waals surface area contributed by atoms with Crippen molar-refractivity contribution in [1.82, 2.24) is 4.57 Å². The normalized spacial score (nSPS) is 15.5. The van der Waals surface area contributed by atoms with Gasteiger partial charge in [0, 0.05) is 19.8 Å². The third-order valence-corrected chi connectivity index (χ3v) is 7.32. The van der Waals surface area contributed by atoms with Crippen LogP contribution in [0.3, 0.4) is 0 Å². The highest BCUT2D eigenvalue weighted by atomic mass is 79.9. The topological polar surface area (TPSA) is 73.1 Å². The molecule has 0 spiro atoms. The van der Waals surface area contributed by atoms with E-state index in [2.05, 4.69) is 20.9 Å². The van der Waals surface area contributed by atoms with Crippen LogP contribution in [0.1, 0.15) is 31.0 Å². The molecule has 2 aromatic carbocycles. The summed E-state index contributed by atoms with van der Waals surface area (Å²) < 4.78 is 13.6. The smallest absolute Gasteiger partial charge is 0.338 e. The minimum absolute atomic E-state index is 0.211. The lowest BCUT2D eigenvalue weighted by atomic mass is 9.95. The molecule has 3 aromatic rings. The van der Waals surface area contributed by atoms with Gasteiger partial charge < -0.3 is 14.4 Å². The Hall–Kier alpha value is -3.17. The Labute approximate surface area is 215 Å². The number of thiazole rings is 1. The molecule has 35 heavy (non-hydrogen) atoms. The highest BCUT2D eigenvalue weighted by Gasteiger charge is 2.33. The molecule has 0 radical (unpaired) electrons. The van der Waals surface area contributed by atoms with Gasteiger partial charge >= 0.3 is 5.97 Å². The summed E-state index contributed by atoms with van der Waals surface area (Å²) in [6.45, 7) is 3.78. The molecule has 0 N–H and O–H groups in total.